The van der Waals surface area contributed by atoms with Crippen LogP contribution in [0.5, 0.6) is 5.75 Å². The summed E-state index contributed by atoms with van der Waals surface area (Å²) in [7, 11) is -3.55. The van der Waals surface area contributed by atoms with Gasteiger partial charge in [-0.3, -0.25) is 0 Å². The van der Waals surface area contributed by atoms with Crippen molar-refractivity contribution in [1.82, 2.24) is 9.97 Å². The van der Waals surface area contributed by atoms with Crippen LogP contribution in [0.2, 0.25) is 5.02 Å². The highest BCUT2D eigenvalue weighted by molar-refractivity contribution is 7.92. The Morgan fingerprint density at radius 2 is 1.70 bits per heavy atom. The number of sulfone groups is 1. The minimum absolute atomic E-state index is 0.145. The molecule has 0 aliphatic rings. The van der Waals surface area contributed by atoms with Gasteiger partial charge in [-0.05, 0) is 57.5 Å². The number of anilines is 4. The lowest BCUT2D eigenvalue weighted by molar-refractivity contribution is 0.129. The second-order valence-electron chi connectivity index (χ2n) is 9.48. The molecule has 3 rings (SSSR count). The third-order valence-corrected chi connectivity index (χ3v) is 8.28. The van der Waals surface area contributed by atoms with E-state index >= 15 is 0 Å². The van der Waals surface area contributed by atoms with E-state index in [4.69, 9.17) is 16.3 Å². The van der Waals surface area contributed by atoms with Crippen molar-refractivity contribution >= 4 is 44.6 Å². The molecule has 1 heterocycles. The summed E-state index contributed by atoms with van der Waals surface area (Å²) in [5, 5.41) is 25.4. The molecule has 37 heavy (non-hydrogen) atoms. The molecule has 3 aromatic rings. The summed E-state index contributed by atoms with van der Waals surface area (Å²) in [5.41, 5.74) is 0.779. The topological polar surface area (TPSA) is 134 Å². The number of ether oxygens (including phenoxy) is 1. The highest BCUT2D eigenvalue weighted by atomic mass is 35.5. The van der Waals surface area contributed by atoms with Gasteiger partial charge in [0.2, 0.25) is 5.95 Å². The Hall–Kier alpha value is -2.92. The molecular formula is C26H33ClN4O5S. The number of hydrogen-bond acceptors (Lipinski definition) is 9. The van der Waals surface area contributed by atoms with Gasteiger partial charge in [0.1, 0.15) is 10.8 Å². The predicted molar refractivity (Wildman–Crippen MR) is 146 cm³/mol. The SMILES string of the molecule is CC(C)Oc1cc(C(C)(CO)CO)ccc1Nc1ncc(Cl)c(Nc2ccccc2S(=O)(=O)C(C)C)n1. The molecule has 0 radical (unpaired) electrons. The Labute approximate surface area is 222 Å². The molecule has 0 aliphatic carbocycles. The Bertz CT molecular complexity index is 1340. The summed E-state index contributed by atoms with van der Waals surface area (Å²) >= 11 is 6.34. The van der Waals surface area contributed by atoms with Crippen LogP contribution in [0.15, 0.2) is 53.6 Å². The van der Waals surface area contributed by atoms with Gasteiger partial charge in [-0.2, -0.15) is 4.98 Å². The van der Waals surface area contributed by atoms with Crippen molar-refractivity contribution in [3.63, 3.8) is 0 Å². The van der Waals surface area contributed by atoms with Gasteiger partial charge >= 0.3 is 0 Å². The van der Waals surface area contributed by atoms with Gasteiger partial charge in [-0.1, -0.05) is 36.7 Å². The molecule has 11 heteroatoms. The van der Waals surface area contributed by atoms with E-state index in [1.54, 1.807) is 57.2 Å². The van der Waals surface area contributed by atoms with Gasteiger partial charge < -0.3 is 25.6 Å². The van der Waals surface area contributed by atoms with Crippen LogP contribution in [0.4, 0.5) is 23.1 Å². The van der Waals surface area contributed by atoms with Crippen LogP contribution in [-0.2, 0) is 15.3 Å². The van der Waals surface area contributed by atoms with Crippen LogP contribution in [0.3, 0.4) is 0 Å². The molecule has 2 aromatic carbocycles. The Kier molecular flexibility index (Phi) is 9.01. The van der Waals surface area contributed by atoms with Crippen molar-refractivity contribution in [2.75, 3.05) is 23.8 Å². The normalized spacial score (nSPS) is 12.2. The van der Waals surface area contributed by atoms with Crippen molar-refractivity contribution in [3.8, 4) is 5.75 Å². The first-order valence-electron chi connectivity index (χ1n) is 11.8. The van der Waals surface area contributed by atoms with E-state index in [2.05, 4.69) is 20.6 Å². The van der Waals surface area contributed by atoms with Crippen molar-refractivity contribution in [1.29, 1.82) is 0 Å². The van der Waals surface area contributed by atoms with Crippen molar-refractivity contribution in [2.45, 2.75) is 56.3 Å². The number of aliphatic hydroxyl groups excluding tert-OH is 2. The summed E-state index contributed by atoms with van der Waals surface area (Å²) in [6.07, 6.45) is 1.26. The number of halogens is 1. The first-order valence-corrected chi connectivity index (χ1v) is 13.8. The lowest BCUT2D eigenvalue weighted by Crippen LogP contribution is -2.31. The summed E-state index contributed by atoms with van der Waals surface area (Å²) in [6, 6.07) is 11.9. The second-order valence-corrected chi connectivity index (χ2v) is 12.4. The van der Waals surface area contributed by atoms with Gasteiger partial charge in [0.05, 0.1) is 47.0 Å². The van der Waals surface area contributed by atoms with Crippen LogP contribution < -0.4 is 15.4 Å². The molecular weight excluding hydrogens is 516 g/mol. The van der Waals surface area contributed by atoms with Gasteiger partial charge in [0, 0.05) is 5.41 Å². The van der Waals surface area contributed by atoms with Gasteiger partial charge in [-0.15, -0.1) is 0 Å². The molecule has 0 fully saturated rings. The molecule has 0 aliphatic heterocycles. The summed E-state index contributed by atoms with van der Waals surface area (Å²) in [6.45, 7) is 8.30. The fourth-order valence-electron chi connectivity index (χ4n) is 3.42. The van der Waals surface area contributed by atoms with E-state index in [1.807, 2.05) is 13.8 Å². The zero-order valence-electron chi connectivity index (χ0n) is 21.5. The zero-order valence-corrected chi connectivity index (χ0v) is 23.1. The van der Waals surface area contributed by atoms with Gasteiger partial charge in [0.25, 0.3) is 0 Å². The van der Waals surface area contributed by atoms with E-state index in [9.17, 15) is 18.6 Å². The van der Waals surface area contributed by atoms with Crippen LogP contribution in [0, 0.1) is 0 Å². The molecule has 1 aromatic heterocycles. The minimum Gasteiger partial charge on any atom is -0.489 e. The zero-order chi connectivity index (χ0) is 27.4. The van der Waals surface area contributed by atoms with Gasteiger partial charge in [0.15, 0.2) is 15.7 Å². The number of nitrogens with one attached hydrogen (secondary N) is 2. The van der Waals surface area contributed by atoms with Crippen LogP contribution >= 0.6 is 11.6 Å². The molecule has 0 saturated heterocycles. The Morgan fingerprint density at radius 3 is 2.32 bits per heavy atom. The maximum absolute atomic E-state index is 12.8. The van der Waals surface area contributed by atoms with Crippen molar-refractivity contribution in [3.05, 3.63) is 59.2 Å². The number of aliphatic hydroxyl groups is 2. The number of aromatic nitrogens is 2. The van der Waals surface area contributed by atoms with Crippen LogP contribution in [0.25, 0.3) is 0 Å². The van der Waals surface area contributed by atoms with E-state index in [0.29, 0.717) is 22.7 Å². The fourth-order valence-corrected chi connectivity index (χ4v) is 4.76. The first-order chi connectivity index (χ1) is 17.4. The third-order valence-electron chi connectivity index (χ3n) is 5.80. The average Bonchev–Trinajstić information content (AvgIpc) is 2.86. The standard InChI is InChI=1S/C26H33ClN4O5S/c1-16(2)36-22-12-18(26(5,14-32)15-33)10-11-20(22)30-25-28-13-19(27)24(31-25)29-21-8-6-7-9-23(21)37(34,35)17(3)4/h6-13,16-17,32-33H,14-15H2,1-5H3,(H2,28,29,30,31). The smallest absolute Gasteiger partial charge is 0.229 e. The summed E-state index contributed by atoms with van der Waals surface area (Å²) in [5.74, 6) is 0.910. The van der Waals surface area contributed by atoms with E-state index in [1.165, 1.54) is 12.3 Å². The molecule has 0 saturated carbocycles. The summed E-state index contributed by atoms with van der Waals surface area (Å²) < 4.78 is 31.7. The largest absolute Gasteiger partial charge is 0.489 e. The molecule has 0 unspecified atom stereocenters. The van der Waals surface area contributed by atoms with E-state index < -0.39 is 20.5 Å². The van der Waals surface area contributed by atoms with Crippen molar-refractivity contribution < 1.29 is 23.4 Å². The highest BCUT2D eigenvalue weighted by Gasteiger charge is 2.27. The van der Waals surface area contributed by atoms with Crippen LogP contribution in [0.1, 0.15) is 40.2 Å². The van der Waals surface area contributed by atoms with Crippen LogP contribution in [-0.4, -0.2) is 53.2 Å². The molecule has 0 atom stereocenters. The predicted octanol–water partition coefficient (Wildman–Crippen LogP) is 4.83. The maximum Gasteiger partial charge on any atom is 0.229 e. The maximum atomic E-state index is 12.8. The first kappa shape index (κ1) is 28.6. The minimum atomic E-state index is -3.55. The molecule has 200 valence electrons. The average molecular weight is 549 g/mol. The lowest BCUT2D eigenvalue weighted by atomic mass is 9.84. The monoisotopic (exact) mass is 548 g/mol. The molecule has 0 bridgehead atoms. The molecule has 9 nitrogen and oxygen atoms in total. The van der Waals surface area contributed by atoms with E-state index in [0.717, 1.165) is 0 Å². The summed E-state index contributed by atoms with van der Waals surface area (Å²) in [4.78, 5) is 8.86. The Balaban J connectivity index is 1.97. The Morgan fingerprint density at radius 1 is 1.03 bits per heavy atom. The second kappa shape index (κ2) is 11.6. The van der Waals surface area contributed by atoms with Crippen molar-refractivity contribution in [2.24, 2.45) is 0 Å². The number of nitrogens with zero attached hydrogens (tertiary/aromatic N) is 2. The lowest BCUT2D eigenvalue weighted by Gasteiger charge is -2.27. The highest BCUT2D eigenvalue weighted by Crippen LogP contribution is 2.35. The molecule has 0 amide bonds. The quantitative estimate of drug-likeness (QED) is 0.266. The third kappa shape index (κ3) is 6.51. The van der Waals surface area contributed by atoms with Gasteiger partial charge in [-0.25, -0.2) is 13.4 Å². The fraction of sp³-hybridized carbons (Fsp3) is 0.385. The number of benzene rings is 2. The number of para-hydroxylation sites is 1. The molecule has 0 spiro atoms. The number of hydrogen-bond donors (Lipinski definition) is 4. The molecule has 4 N–H and O–H groups in total. The number of rotatable bonds is 11. The van der Waals surface area contributed by atoms with E-state index in [-0.39, 0.29) is 41.0 Å².